The van der Waals surface area contributed by atoms with E-state index in [4.69, 9.17) is 9.47 Å². The van der Waals surface area contributed by atoms with Gasteiger partial charge in [-0.3, -0.25) is 9.59 Å². The van der Waals surface area contributed by atoms with E-state index in [2.05, 4.69) is 0 Å². The number of hydrogen-bond donors (Lipinski definition) is 0. The predicted molar refractivity (Wildman–Crippen MR) is 90.8 cm³/mol. The minimum atomic E-state index is -0.164. The molecular formula is C18H22N2O4. The van der Waals surface area contributed by atoms with E-state index < -0.39 is 0 Å². The lowest BCUT2D eigenvalue weighted by Gasteiger charge is -2.19. The Labute approximate surface area is 141 Å². The average Bonchev–Trinajstić information content (AvgIpc) is 2.96. The van der Waals surface area contributed by atoms with E-state index in [0.717, 1.165) is 5.56 Å². The van der Waals surface area contributed by atoms with Crippen molar-refractivity contribution in [3.8, 4) is 11.5 Å². The molecule has 128 valence electrons. The van der Waals surface area contributed by atoms with Gasteiger partial charge in [0.05, 0.1) is 14.2 Å². The summed E-state index contributed by atoms with van der Waals surface area (Å²) in [5, 5.41) is 0. The molecule has 0 radical (unpaired) electrons. The molecule has 0 unspecified atom stereocenters. The van der Waals surface area contributed by atoms with Gasteiger partial charge in [0, 0.05) is 44.0 Å². The van der Waals surface area contributed by atoms with Crippen molar-refractivity contribution in [1.29, 1.82) is 0 Å². The minimum Gasteiger partial charge on any atom is -0.497 e. The van der Waals surface area contributed by atoms with Crippen molar-refractivity contribution in [3.63, 3.8) is 0 Å². The van der Waals surface area contributed by atoms with Crippen molar-refractivity contribution >= 4 is 11.7 Å². The van der Waals surface area contributed by atoms with Crippen LogP contribution in [0.4, 0.5) is 0 Å². The van der Waals surface area contributed by atoms with Gasteiger partial charge in [0.25, 0.3) is 5.91 Å². The molecule has 0 spiro atoms. The van der Waals surface area contributed by atoms with E-state index in [1.54, 1.807) is 56.1 Å². The Morgan fingerprint density at radius 3 is 2.42 bits per heavy atom. The maximum absolute atomic E-state index is 12.7. The zero-order valence-corrected chi connectivity index (χ0v) is 14.6. The van der Waals surface area contributed by atoms with Gasteiger partial charge in [0.15, 0.2) is 5.78 Å². The lowest BCUT2D eigenvalue weighted by atomic mass is 10.1. The fraction of sp³-hybridized carbons (Fsp3) is 0.333. The van der Waals surface area contributed by atoms with Gasteiger partial charge in [-0.15, -0.1) is 0 Å². The molecule has 0 aliphatic rings. The van der Waals surface area contributed by atoms with Crippen LogP contribution in [0, 0.1) is 0 Å². The summed E-state index contributed by atoms with van der Waals surface area (Å²) in [4.78, 5) is 25.7. The van der Waals surface area contributed by atoms with E-state index >= 15 is 0 Å². The Morgan fingerprint density at radius 2 is 1.88 bits per heavy atom. The van der Waals surface area contributed by atoms with Crippen molar-refractivity contribution < 1.29 is 19.1 Å². The highest BCUT2D eigenvalue weighted by Crippen LogP contribution is 2.26. The average molecular weight is 330 g/mol. The fourth-order valence-corrected chi connectivity index (χ4v) is 2.48. The van der Waals surface area contributed by atoms with E-state index in [1.165, 1.54) is 6.92 Å². The molecule has 0 saturated carbocycles. The number of rotatable bonds is 6. The summed E-state index contributed by atoms with van der Waals surface area (Å²) in [6.45, 7) is 1.86. The van der Waals surface area contributed by atoms with Gasteiger partial charge in [-0.25, -0.2) is 0 Å². The zero-order chi connectivity index (χ0) is 17.9. The summed E-state index contributed by atoms with van der Waals surface area (Å²) in [5.74, 6) is 1.12. The predicted octanol–water partition coefficient (Wildman–Crippen LogP) is 2.52. The van der Waals surface area contributed by atoms with Crippen LogP contribution < -0.4 is 9.47 Å². The first-order valence-corrected chi connectivity index (χ1v) is 7.51. The molecule has 6 nitrogen and oxygen atoms in total. The van der Waals surface area contributed by atoms with Crippen LogP contribution in [0.1, 0.15) is 33.3 Å². The van der Waals surface area contributed by atoms with E-state index in [9.17, 15) is 9.59 Å². The van der Waals surface area contributed by atoms with Crippen LogP contribution >= 0.6 is 0 Å². The van der Waals surface area contributed by atoms with Gasteiger partial charge in [0.1, 0.15) is 17.2 Å². The molecule has 6 heteroatoms. The summed E-state index contributed by atoms with van der Waals surface area (Å²) in [7, 11) is 6.64. The maximum Gasteiger partial charge on any atom is 0.270 e. The third kappa shape index (κ3) is 3.59. The summed E-state index contributed by atoms with van der Waals surface area (Å²) in [6, 6.07) is 7.09. The summed E-state index contributed by atoms with van der Waals surface area (Å²) >= 11 is 0. The second kappa shape index (κ2) is 7.21. The maximum atomic E-state index is 12.7. The Balaban J connectivity index is 2.22. The van der Waals surface area contributed by atoms with Crippen molar-refractivity contribution in [2.45, 2.75) is 13.5 Å². The standard InChI is InChI=1S/C18H22N2O4/c1-12(21)14-8-16(19(2)11-14)18(22)20(3)10-13-6-7-15(23-4)9-17(13)24-5/h6-9,11H,10H2,1-5H3. The third-order valence-corrected chi connectivity index (χ3v) is 3.88. The molecule has 1 aromatic heterocycles. The number of aromatic nitrogens is 1. The van der Waals surface area contributed by atoms with Gasteiger partial charge in [0.2, 0.25) is 0 Å². The number of hydrogen-bond acceptors (Lipinski definition) is 4. The number of Topliss-reactive ketones (excluding diaryl/α,β-unsaturated/α-hetero) is 1. The monoisotopic (exact) mass is 330 g/mol. The Morgan fingerprint density at radius 1 is 1.17 bits per heavy atom. The van der Waals surface area contributed by atoms with Gasteiger partial charge >= 0.3 is 0 Å². The molecule has 1 heterocycles. The topological polar surface area (TPSA) is 60.8 Å². The smallest absolute Gasteiger partial charge is 0.270 e. The second-order valence-electron chi connectivity index (χ2n) is 5.62. The number of carbonyl (C=O) groups is 2. The molecular weight excluding hydrogens is 308 g/mol. The summed E-state index contributed by atoms with van der Waals surface area (Å²) in [6.07, 6.45) is 1.66. The highest BCUT2D eigenvalue weighted by Gasteiger charge is 2.19. The Bertz CT molecular complexity index is 764. The van der Waals surface area contributed by atoms with E-state index in [0.29, 0.717) is 29.3 Å². The summed E-state index contributed by atoms with van der Waals surface area (Å²) in [5.41, 5.74) is 1.86. The fourth-order valence-electron chi connectivity index (χ4n) is 2.48. The largest absolute Gasteiger partial charge is 0.497 e. The number of ether oxygens (including phenoxy) is 2. The van der Waals surface area contributed by atoms with E-state index in [-0.39, 0.29) is 11.7 Å². The molecule has 0 fully saturated rings. The molecule has 1 amide bonds. The second-order valence-corrected chi connectivity index (χ2v) is 5.62. The van der Waals surface area contributed by atoms with E-state index in [1.807, 2.05) is 12.1 Å². The van der Waals surface area contributed by atoms with Gasteiger partial charge in [-0.2, -0.15) is 0 Å². The van der Waals surface area contributed by atoms with Crippen LogP contribution in [-0.4, -0.2) is 42.4 Å². The molecule has 0 aliphatic heterocycles. The van der Waals surface area contributed by atoms with Gasteiger partial charge in [-0.1, -0.05) is 0 Å². The van der Waals surface area contributed by atoms with Gasteiger partial charge < -0.3 is 18.9 Å². The lowest BCUT2D eigenvalue weighted by molar-refractivity contribution is 0.0774. The normalized spacial score (nSPS) is 10.4. The van der Waals surface area contributed by atoms with Crippen molar-refractivity contribution in [1.82, 2.24) is 9.47 Å². The molecule has 2 aromatic rings. The zero-order valence-electron chi connectivity index (χ0n) is 14.6. The van der Waals surface area contributed by atoms with Crippen molar-refractivity contribution in [2.24, 2.45) is 7.05 Å². The van der Waals surface area contributed by atoms with Crippen LogP contribution in [0.5, 0.6) is 11.5 Å². The third-order valence-electron chi connectivity index (χ3n) is 3.88. The number of methoxy groups -OCH3 is 2. The highest BCUT2D eigenvalue weighted by molar-refractivity contribution is 5.99. The Hall–Kier alpha value is -2.76. The van der Waals surface area contributed by atoms with Crippen LogP contribution in [0.25, 0.3) is 0 Å². The minimum absolute atomic E-state index is 0.0656. The highest BCUT2D eigenvalue weighted by atomic mass is 16.5. The molecule has 0 bridgehead atoms. The number of aryl methyl sites for hydroxylation is 1. The molecule has 0 aliphatic carbocycles. The number of benzene rings is 1. The first kappa shape index (κ1) is 17.6. The number of ketones is 1. The van der Waals surface area contributed by atoms with Gasteiger partial charge in [-0.05, 0) is 25.1 Å². The molecule has 0 N–H and O–H groups in total. The van der Waals surface area contributed by atoms with Crippen LogP contribution in [0.2, 0.25) is 0 Å². The lowest BCUT2D eigenvalue weighted by Crippen LogP contribution is -2.28. The van der Waals surface area contributed by atoms with Crippen LogP contribution in [0.3, 0.4) is 0 Å². The molecule has 2 rings (SSSR count). The number of nitrogens with zero attached hydrogens (tertiary/aromatic N) is 2. The molecule has 0 atom stereocenters. The first-order valence-electron chi connectivity index (χ1n) is 7.51. The quantitative estimate of drug-likeness (QED) is 0.764. The van der Waals surface area contributed by atoms with Crippen molar-refractivity contribution in [2.75, 3.05) is 21.3 Å². The summed E-state index contributed by atoms with van der Waals surface area (Å²) < 4.78 is 12.2. The van der Waals surface area contributed by atoms with Crippen LogP contribution in [0.15, 0.2) is 30.5 Å². The molecule has 24 heavy (non-hydrogen) atoms. The Kier molecular flexibility index (Phi) is 5.28. The van der Waals surface area contributed by atoms with Crippen molar-refractivity contribution in [3.05, 3.63) is 47.3 Å². The SMILES string of the molecule is COc1ccc(CN(C)C(=O)c2cc(C(C)=O)cn2C)c(OC)c1. The molecule has 0 saturated heterocycles. The number of carbonyl (C=O) groups excluding carboxylic acids is 2. The number of amides is 1. The molecule has 1 aromatic carbocycles. The first-order chi connectivity index (χ1) is 11.4. The van der Waals surface area contributed by atoms with Crippen LogP contribution in [-0.2, 0) is 13.6 Å².